The second-order valence-electron chi connectivity index (χ2n) is 2.51. The molecule has 12 heavy (non-hydrogen) atoms. The third-order valence-corrected chi connectivity index (χ3v) is 2.71. The Labute approximate surface area is 75.4 Å². The highest BCUT2D eigenvalue weighted by molar-refractivity contribution is 7.17. The lowest BCUT2D eigenvalue weighted by Crippen LogP contribution is -1.94. The van der Waals surface area contributed by atoms with Crippen LogP contribution in [0.4, 0.5) is 0 Å². The summed E-state index contributed by atoms with van der Waals surface area (Å²) in [6.07, 6.45) is 0. The van der Waals surface area contributed by atoms with Gasteiger partial charge in [0, 0.05) is 21.0 Å². The highest BCUT2D eigenvalue weighted by Crippen LogP contribution is 2.25. The smallest absolute Gasteiger partial charge is 0.175 e. The van der Waals surface area contributed by atoms with Gasteiger partial charge in [0.05, 0.1) is 0 Å². The number of rotatable bonds is 1. The lowest BCUT2D eigenvalue weighted by atomic mass is 9.95. The van der Waals surface area contributed by atoms with Crippen molar-refractivity contribution in [3.05, 3.63) is 35.2 Å². The van der Waals surface area contributed by atoms with E-state index in [-0.39, 0.29) is 5.68 Å². The van der Waals surface area contributed by atoms with E-state index in [1.54, 1.807) is 16.7 Å². The topological polar surface area (TPSA) is 17.1 Å². The molecule has 56 valence electrons. The Bertz CT molecular complexity index is 433. The molecule has 1 heterocycles. The third-order valence-electron chi connectivity index (χ3n) is 1.75. The van der Waals surface area contributed by atoms with Crippen LogP contribution >= 0.6 is 11.3 Å². The molecule has 1 aromatic carbocycles. The van der Waals surface area contributed by atoms with E-state index in [0.29, 0.717) is 5.56 Å². The number of hydrogen-bond donors (Lipinski definition) is 0. The zero-order valence-corrected chi connectivity index (χ0v) is 7.10. The van der Waals surface area contributed by atoms with Crippen molar-refractivity contribution in [1.82, 2.24) is 0 Å². The van der Waals surface area contributed by atoms with Gasteiger partial charge in [0.15, 0.2) is 7.85 Å². The molecule has 0 N–H and O–H groups in total. The summed E-state index contributed by atoms with van der Waals surface area (Å²) in [5.74, 6) is 0. The molecule has 0 saturated carbocycles. The first-order valence-electron chi connectivity index (χ1n) is 3.55. The van der Waals surface area contributed by atoms with Gasteiger partial charge in [0.2, 0.25) is 0 Å². The van der Waals surface area contributed by atoms with E-state index in [1.165, 1.54) is 0 Å². The van der Waals surface area contributed by atoms with Gasteiger partial charge in [-0.15, -0.1) is 11.3 Å². The minimum absolute atomic E-state index is 0.354. The third kappa shape index (κ3) is 1.06. The van der Waals surface area contributed by atoms with Crippen molar-refractivity contribution < 1.29 is 4.79 Å². The summed E-state index contributed by atoms with van der Waals surface area (Å²) in [7, 11) is 5.19. The summed E-state index contributed by atoms with van der Waals surface area (Å²) in [6.45, 7) is 0. The van der Waals surface area contributed by atoms with Crippen LogP contribution in [0, 0.1) is 0 Å². The molecule has 0 atom stereocenters. The molecule has 1 aromatic heterocycles. The van der Waals surface area contributed by atoms with E-state index in [2.05, 4.69) is 0 Å². The minimum atomic E-state index is -0.354. The van der Waals surface area contributed by atoms with E-state index in [4.69, 9.17) is 7.85 Å². The summed E-state index contributed by atoms with van der Waals surface area (Å²) >= 11 is 1.54. The molecule has 2 radical (unpaired) electrons. The number of benzene rings is 1. The van der Waals surface area contributed by atoms with Crippen molar-refractivity contribution in [3.8, 4) is 0 Å². The molecular weight excluding hydrogens is 167 g/mol. The van der Waals surface area contributed by atoms with Gasteiger partial charge in [-0.3, -0.25) is 0 Å². The molecule has 0 aliphatic carbocycles. The first-order chi connectivity index (χ1) is 5.79. The number of hydrogen-bond acceptors (Lipinski definition) is 2. The van der Waals surface area contributed by atoms with Gasteiger partial charge in [-0.25, -0.2) is 0 Å². The van der Waals surface area contributed by atoms with Crippen LogP contribution in [0.5, 0.6) is 0 Å². The average molecular weight is 172 g/mol. The standard InChI is InChI=1S/C9H5BOS/c10-9(11)7-5-12-8-4-2-1-3-6(7)8/h1-5H. The fourth-order valence-electron chi connectivity index (χ4n) is 1.17. The minimum Gasteiger partial charge on any atom is -0.307 e. The van der Waals surface area contributed by atoms with Gasteiger partial charge in [-0.1, -0.05) is 18.2 Å². The van der Waals surface area contributed by atoms with Crippen molar-refractivity contribution in [3.63, 3.8) is 0 Å². The summed E-state index contributed by atoms with van der Waals surface area (Å²) < 4.78 is 1.10. The van der Waals surface area contributed by atoms with Crippen molar-refractivity contribution in [2.45, 2.75) is 0 Å². The van der Waals surface area contributed by atoms with E-state index >= 15 is 0 Å². The van der Waals surface area contributed by atoms with Crippen LogP contribution in [0.15, 0.2) is 29.6 Å². The molecule has 0 aliphatic heterocycles. The molecule has 0 bridgehead atoms. The fraction of sp³-hybridized carbons (Fsp3) is 0. The predicted octanol–water partition coefficient (Wildman–Crippen LogP) is 2.21. The van der Waals surface area contributed by atoms with Crippen molar-refractivity contribution in [1.29, 1.82) is 0 Å². The predicted molar refractivity (Wildman–Crippen MR) is 51.9 cm³/mol. The monoisotopic (exact) mass is 172 g/mol. The van der Waals surface area contributed by atoms with Crippen LogP contribution in [-0.4, -0.2) is 13.5 Å². The zero-order chi connectivity index (χ0) is 8.55. The Hall–Kier alpha value is -1.09. The summed E-state index contributed by atoms with van der Waals surface area (Å²) in [5.41, 5.74) is 0.267. The maximum atomic E-state index is 10.9. The van der Waals surface area contributed by atoms with Gasteiger partial charge in [-0.05, 0) is 6.07 Å². The second kappa shape index (κ2) is 2.75. The van der Waals surface area contributed by atoms with Gasteiger partial charge in [0.25, 0.3) is 0 Å². The Morgan fingerprint density at radius 2 is 2.08 bits per heavy atom. The van der Waals surface area contributed by atoms with E-state index in [0.717, 1.165) is 10.1 Å². The van der Waals surface area contributed by atoms with Gasteiger partial charge >= 0.3 is 0 Å². The maximum Gasteiger partial charge on any atom is 0.175 e. The molecular formula is C9H5BOS. The van der Waals surface area contributed by atoms with E-state index in [1.807, 2.05) is 24.3 Å². The Balaban J connectivity index is 2.79. The normalized spacial score (nSPS) is 10.3. The molecule has 0 unspecified atom stereocenters. The van der Waals surface area contributed by atoms with E-state index in [9.17, 15) is 4.79 Å². The highest BCUT2D eigenvalue weighted by Gasteiger charge is 2.05. The number of carbonyl (C=O) groups excluding carboxylic acids is 1. The summed E-state index contributed by atoms with van der Waals surface area (Å²) in [5, 5.41) is 2.75. The first kappa shape index (κ1) is 7.56. The summed E-state index contributed by atoms with van der Waals surface area (Å²) in [4.78, 5) is 10.9. The average Bonchev–Trinajstić information content (AvgIpc) is 2.47. The molecule has 3 heteroatoms. The largest absolute Gasteiger partial charge is 0.307 e. The second-order valence-corrected chi connectivity index (χ2v) is 3.42. The van der Waals surface area contributed by atoms with Gasteiger partial charge in [-0.2, -0.15) is 0 Å². The van der Waals surface area contributed by atoms with Crippen LogP contribution in [0.2, 0.25) is 0 Å². The van der Waals surface area contributed by atoms with Crippen LogP contribution in [0.25, 0.3) is 10.1 Å². The summed E-state index contributed by atoms with van der Waals surface area (Å²) in [6, 6.07) is 7.74. The van der Waals surface area contributed by atoms with Gasteiger partial charge in [0.1, 0.15) is 5.68 Å². The highest BCUT2D eigenvalue weighted by atomic mass is 32.1. The Kier molecular flexibility index (Phi) is 1.73. The SMILES string of the molecule is [B]C(=O)c1csc2ccccc12. The van der Waals surface area contributed by atoms with Crippen molar-refractivity contribution in [2.24, 2.45) is 0 Å². The van der Waals surface area contributed by atoms with E-state index < -0.39 is 0 Å². The molecule has 2 rings (SSSR count). The molecule has 0 saturated heterocycles. The zero-order valence-electron chi connectivity index (χ0n) is 6.28. The lowest BCUT2D eigenvalue weighted by Gasteiger charge is -1.91. The van der Waals surface area contributed by atoms with Crippen LogP contribution in [0.3, 0.4) is 0 Å². The molecule has 2 aromatic rings. The van der Waals surface area contributed by atoms with Gasteiger partial charge < -0.3 is 4.79 Å². The quantitative estimate of drug-likeness (QED) is 0.602. The Morgan fingerprint density at radius 3 is 2.83 bits per heavy atom. The number of carbonyl (C=O) groups is 1. The molecule has 1 nitrogen and oxygen atoms in total. The molecule has 0 amide bonds. The van der Waals surface area contributed by atoms with Crippen LogP contribution in [-0.2, 0) is 0 Å². The van der Waals surface area contributed by atoms with Crippen LogP contribution in [0.1, 0.15) is 10.4 Å². The Morgan fingerprint density at radius 1 is 1.33 bits per heavy atom. The first-order valence-corrected chi connectivity index (χ1v) is 4.43. The molecule has 0 spiro atoms. The maximum absolute atomic E-state index is 10.9. The number of thiophene rings is 1. The van der Waals surface area contributed by atoms with Crippen LogP contribution < -0.4 is 0 Å². The molecule has 0 fully saturated rings. The van der Waals surface area contributed by atoms with Crippen molar-refractivity contribution in [2.75, 3.05) is 0 Å². The molecule has 0 aliphatic rings. The fourth-order valence-corrected chi connectivity index (χ4v) is 2.12. The lowest BCUT2D eigenvalue weighted by molar-refractivity contribution is 0.108. The van der Waals surface area contributed by atoms with Crippen molar-refractivity contribution >= 4 is 35.0 Å². The number of fused-ring (bicyclic) bond motifs is 1.